The van der Waals surface area contributed by atoms with Gasteiger partial charge in [-0.3, -0.25) is 9.59 Å². The zero-order valence-electron chi connectivity index (χ0n) is 16.9. The average Bonchev–Trinajstić information content (AvgIpc) is 2.88. The summed E-state index contributed by atoms with van der Waals surface area (Å²) in [4.78, 5) is 30.0. The maximum atomic E-state index is 13.4. The summed E-state index contributed by atoms with van der Waals surface area (Å²) in [6.07, 6.45) is 1.55. The molecule has 0 spiro atoms. The van der Waals surface area contributed by atoms with Crippen LogP contribution in [-0.4, -0.2) is 50.9 Å². The van der Waals surface area contributed by atoms with Crippen molar-refractivity contribution in [3.8, 4) is 0 Å². The van der Waals surface area contributed by atoms with Crippen molar-refractivity contribution in [1.82, 2.24) is 10.2 Å². The van der Waals surface area contributed by atoms with E-state index >= 15 is 0 Å². The number of nitrogens with one attached hydrogen (secondary N) is 1. The predicted molar refractivity (Wildman–Crippen MR) is 112 cm³/mol. The summed E-state index contributed by atoms with van der Waals surface area (Å²) in [5, 5.41) is 3.01. The third-order valence-electron chi connectivity index (χ3n) is 5.41. The Morgan fingerprint density at radius 2 is 1.75 bits per heavy atom. The Bertz CT molecular complexity index is 835. The van der Waals surface area contributed by atoms with Crippen molar-refractivity contribution in [3.05, 3.63) is 65.7 Å². The number of hydrogen-bond donors (Lipinski definition) is 1. The molecule has 2 amide bonds. The molecule has 148 valence electrons. The van der Waals surface area contributed by atoms with Crippen molar-refractivity contribution >= 4 is 17.5 Å². The Labute approximate surface area is 167 Å². The summed E-state index contributed by atoms with van der Waals surface area (Å²) in [5.41, 5.74) is 2.03. The fourth-order valence-corrected chi connectivity index (χ4v) is 4.02. The normalized spacial score (nSPS) is 18.4. The van der Waals surface area contributed by atoms with Gasteiger partial charge in [0.05, 0.1) is 5.41 Å². The second-order valence-corrected chi connectivity index (χ2v) is 7.81. The van der Waals surface area contributed by atoms with Crippen LogP contribution >= 0.6 is 0 Å². The van der Waals surface area contributed by atoms with E-state index in [1.807, 2.05) is 68.7 Å². The van der Waals surface area contributed by atoms with E-state index in [0.29, 0.717) is 13.0 Å². The minimum atomic E-state index is -0.863. The molecule has 0 radical (unpaired) electrons. The Morgan fingerprint density at radius 1 is 1.07 bits per heavy atom. The number of rotatable bonds is 8. The highest BCUT2D eigenvalue weighted by Gasteiger charge is 2.50. The lowest BCUT2D eigenvalue weighted by Crippen LogP contribution is -2.44. The van der Waals surface area contributed by atoms with Gasteiger partial charge >= 0.3 is 0 Å². The van der Waals surface area contributed by atoms with Crippen LogP contribution in [0.4, 0.5) is 5.69 Å². The third-order valence-corrected chi connectivity index (χ3v) is 5.41. The van der Waals surface area contributed by atoms with Gasteiger partial charge in [0.1, 0.15) is 0 Å². The standard InChI is InChI=1S/C23H29N3O2/c1-25(2)15-9-14-24-21(27)17-23(16-18-10-5-4-6-11-18)19-12-7-8-13-20(19)26(3)22(23)28/h4-8,10-13H,9,14-17H2,1-3H3,(H,24,27)/t23-/m0/s1. The minimum absolute atomic E-state index is 0.0130. The van der Waals surface area contributed by atoms with Gasteiger partial charge in [-0.05, 0) is 50.7 Å². The molecule has 3 rings (SSSR count). The molecule has 0 saturated carbocycles. The highest BCUT2D eigenvalue weighted by atomic mass is 16.2. The zero-order valence-corrected chi connectivity index (χ0v) is 16.9. The van der Waals surface area contributed by atoms with Gasteiger partial charge in [0.2, 0.25) is 11.8 Å². The SMILES string of the molecule is CN(C)CCCNC(=O)C[C@]1(Cc2ccccc2)C(=O)N(C)c2ccccc21. The molecule has 1 aliphatic heterocycles. The first-order valence-electron chi connectivity index (χ1n) is 9.77. The van der Waals surface area contributed by atoms with E-state index in [4.69, 9.17) is 0 Å². The Balaban J connectivity index is 1.86. The van der Waals surface area contributed by atoms with Crippen molar-refractivity contribution in [3.63, 3.8) is 0 Å². The Kier molecular flexibility index (Phi) is 6.15. The molecule has 1 heterocycles. The predicted octanol–water partition coefficient (Wildman–Crippen LogP) is 2.60. The highest BCUT2D eigenvalue weighted by molar-refractivity contribution is 6.09. The first kappa shape index (κ1) is 20.1. The minimum Gasteiger partial charge on any atom is -0.356 e. The molecule has 1 N–H and O–H groups in total. The summed E-state index contributed by atoms with van der Waals surface area (Å²) in [6, 6.07) is 17.8. The number of fused-ring (bicyclic) bond motifs is 1. The van der Waals surface area contributed by atoms with E-state index in [9.17, 15) is 9.59 Å². The third kappa shape index (κ3) is 4.09. The molecular formula is C23H29N3O2. The first-order chi connectivity index (χ1) is 13.4. The second kappa shape index (κ2) is 8.57. The largest absolute Gasteiger partial charge is 0.356 e. The van der Waals surface area contributed by atoms with Crippen LogP contribution in [0.2, 0.25) is 0 Å². The average molecular weight is 380 g/mol. The Morgan fingerprint density at radius 3 is 2.46 bits per heavy atom. The van der Waals surface area contributed by atoms with Gasteiger partial charge in [-0.1, -0.05) is 48.5 Å². The number of nitrogens with zero attached hydrogens (tertiary/aromatic N) is 2. The molecule has 2 aromatic carbocycles. The molecule has 0 aromatic heterocycles. The summed E-state index contributed by atoms with van der Waals surface area (Å²) >= 11 is 0. The molecule has 28 heavy (non-hydrogen) atoms. The lowest BCUT2D eigenvalue weighted by molar-refractivity contribution is -0.129. The number of carbonyl (C=O) groups excluding carboxylic acids is 2. The first-order valence-corrected chi connectivity index (χ1v) is 9.77. The molecule has 0 fully saturated rings. The summed E-state index contributed by atoms with van der Waals surface area (Å²) in [5.74, 6) is -0.0888. The van der Waals surface area contributed by atoms with Crippen molar-refractivity contribution in [2.75, 3.05) is 39.1 Å². The molecule has 1 aliphatic rings. The van der Waals surface area contributed by atoms with Crippen LogP contribution in [0.3, 0.4) is 0 Å². The highest BCUT2D eigenvalue weighted by Crippen LogP contribution is 2.45. The lowest BCUT2D eigenvalue weighted by atomic mass is 9.73. The summed E-state index contributed by atoms with van der Waals surface area (Å²) in [6.45, 7) is 1.53. The molecule has 2 aromatic rings. The van der Waals surface area contributed by atoms with E-state index in [1.54, 1.807) is 11.9 Å². The van der Waals surface area contributed by atoms with Crippen molar-refractivity contribution in [1.29, 1.82) is 0 Å². The number of para-hydroxylation sites is 1. The van der Waals surface area contributed by atoms with Gasteiger partial charge in [0.25, 0.3) is 0 Å². The molecule has 5 nitrogen and oxygen atoms in total. The van der Waals surface area contributed by atoms with Crippen molar-refractivity contribution in [2.45, 2.75) is 24.7 Å². The fourth-order valence-electron chi connectivity index (χ4n) is 4.02. The van der Waals surface area contributed by atoms with E-state index in [2.05, 4.69) is 10.2 Å². The maximum Gasteiger partial charge on any atom is 0.238 e. The number of anilines is 1. The molecule has 0 bridgehead atoms. The van der Waals surface area contributed by atoms with Gasteiger partial charge in [0.15, 0.2) is 0 Å². The van der Waals surface area contributed by atoms with E-state index in [1.165, 1.54) is 0 Å². The Hall–Kier alpha value is -2.66. The van der Waals surface area contributed by atoms with Gasteiger partial charge in [0, 0.05) is 25.7 Å². The van der Waals surface area contributed by atoms with E-state index in [0.717, 1.165) is 29.8 Å². The molecule has 0 unspecified atom stereocenters. The lowest BCUT2D eigenvalue weighted by Gasteiger charge is -2.28. The number of carbonyl (C=O) groups is 2. The van der Waals surface area contributed by atoms with Crippen LogP contribution in [-0.2, 0) is 21.4 Å². The molecular weight excluding hydrogens is 350 g/mol. The van der Waals surface area contributed by atoms with Crippen LogP contribution in [0.1, 0.15) is 24.0 Å². The molecule has 0 saturated heterocycles. The number of amides is 2. The molecule has 0 aliphatic carbocycles. The number of hydrogen-bond acceptors (Lipinski definition) is 3. The van der Waals surface area contributed by atoms with E-state index < -0.39 is 5.41 Å². The fraction of sp³-hybridized carbons (Fsp3) is 0.391. The molecule has 1 atom stereocenters. The van der Waals surface area contributed by atoms with Crippen LogP contribution in [0.15, 0.2) is 54.6 Å². The van der Waals surface area contributed by atoms with Gasteiger partial charge in [-0.25, -0.2) is 0 Å². The van der Waals surface area contributed by atoms with Gasteiger partial charge < -0.3 is 15.1 Å². The van der Waals surface area contributed by atoms with Crippen molar-refractivity contribution in [2.24, 2.45) is 0 Å². The van der Waals surface area contributed by atoms with E-state index in [-0.39, 0.29) is 18.2 Å². The summed E-state index contributed by atoms with van der Waals surface area (Å²) in [7, 11) is 5.82. The topological polar surface area (TPSA) is 52.7 Å². The van der Waals surface area contributed by atoms with Crippen LogP contribution in [0.5, 0.6) is 0 Å². The van der Waals surface area contributed by atoms with Crippen LogP contribution < -0.4 is 10.2 Å². The van der Waals surface area contributed by atoms with Crippen LogP contribution in [0, 0.1) is 0 Å². The number of likely N-dealkylation sites (N-methyl/N-ethyl adjacent to an activating group) is 1. The monoisotopic (exact) mass is 379 g/mol. The number of benzene rings is 2. The smallest absolute Gasteiger partial charge is 0.238 e. The zero-order chi connectivity index (χ0) is 20.1. The quantitative estimate of drug-likeness (QED) is 0.718. The van der Waals surface area contributed by atoms with Gasteiger partial charge in [-0.2, -0.15) is 0 Å². The second-order valence-electron chi connectivity index (χ2n) is 7.81. The summed E-state index contributed by atoms with van der Waals surface area (Å²) < 4.78 is 0. The van der Waals surface area contributed by atoms with Crippen LogP contribution in [0.25, 0.3) is 0 Å². The van der Waals surface area contributed by atoms with Gasteiger partial charge in [-0.15, -0.1) is 0 Å². The maximum absolute atomic E-state index is 13.4. The molecule has 5 heteroatoms. The van der Waals surface area contributed by atoms with Crippen molar-refractivity contribution < 1.29 is 9.59 Å².